The van der Waals surface area contributed by atoms with Gasteiger partial charge in [0.05, 0.1) is 5.57 Å². The first-order chi connectivity index (χ1) is 15.6. The smallest absolute Gasteiger partial charge is 0.278 e. The van der Waals surface area contributed by atoms with Crippen molar-refractivity contribution in [2.75, 3.05) is 31.2 Å². The fourth-order valence-electron chi connectivity index (χ4n) is 4.33. The molecule has 168 valence electrons. The summed E-state index contributed by atoms with van der Waals surface area (Å²) in [6, 6.07) is 15.3. The molecular weight excluding hydrogens is 424 g/mol. The molecule has 6 heteroatoms. The van der Waals surface area contributed by atoms with Crippen molar-refractivity contribution in [1.29, 1.82) is 0 Å². The molecule has 0 aromatic heterocycles. The van der Waals surface area contributed by atoms with Crippen LogP contribution in [0.5, 0.6) is 0 Å². The van der Waals surface area contributed by atoms with Gasteiger partial charge in [-0.15, -0.1) is 0 Å². The summed E-state index contributed by atoms with van der Waals surface area (Å²) in [4.78, 5) is 30.5. The molecule has 0 radical (unpaired) electrons. The van der Waals surface area contributed by atoms with Crippen LogP contribution >= 0.6 is 11.6 Å². The fraction of sp³-hybridized carbons (Fsp3) is 0.385. The Balaban J connectivity index is 1.65. The van der Waals surface area contributed by atoms with Gasteiger partial charge in [-0.2, -0.15) is 0 Å². The van der Waals surface area contributed by atoms with E-state index >= 15 is 0 Å². The van der Waals surface area contributed by atoms with Crippen molar-refractivity contribution < 1.29 is 14.3 Å². The minimum Gasteiger partial charge on any atom is -0.381 e. The van der Waals surface area contributed by atoms with E-state index < -0.39 is 0 Å². The Kier molecular flexibility index (Phi) is 7.28. The van der Waals surface area contributed by atoms with Crippen LogP contribution in [-0.2, 0) is 20.7 Å². The Morgan fingerprint density at radius 2 is 1.72 bits per heavy atom. The minimum atomic E-state index is -0.246. The van der Waals surface area contributed by atoms with Gasteiger partial charge in [0.15, 0.2) is 0 Å². The van der Waals surface area contributed by atoms with Gasteiger partial charge in [0.25, 0.3) is 11.8 Å². The van der Waals surface area contributed by atoms with E-state index in [-0.39, 0.29) is 11.8 Å². The summed E-state index contributed by atoms with van der Waals surface area (Å²) >= 11 is 6.08. The number of unbranched alkanes of at least 4 members (excludes halogenated alkanes) is 1. The minimum absolute atomic E-state index is 0.231. The second-order valence-corrected chi connectivity index (χ2v) is 8.63. The van der Waals surface area contributed by atoms with Gasteiger partial charge in [0, 0.05) is 37.0 Å². The van der Waals surface area contributed by atoms with Crippen LogP contribution in [-0.4, -0.2) is 43.0 Å². The van der Waals surface area contributed by atoms with Crippen LogP contribution in [0.15, 0.2) is 54.2 Å². The van der Waals surface area contributed by atoms with E-state index in [0.717, 1.165) is 31.4 Å². The van der Waals surface area contributed by atoms with E-state index in [1.165, 1.54) is 10.5 Å². The number of rotatable bonds is 9. The highest BCUT2D eigenvalue weighted by Gasteiger charge is 2.42. The van der Waals surface area contributed by atoms with Crippen LogP contribution in [0.25, 0.3) is 5.57 Å². The van der Waals surface area contributed by atoms with Crippen molar-refractivity contribution in [2.24, 2.45) is 0 Å². The van der Waals surface area contributed by atoms with Gasteiger partial charge in [-0.1, -0.05) is 55.3 Å². The lowest BCUT2D eigenvalue weighted by Crippen LogP contribution is -2.37. The molecule has 0 bridgehead atoms. The second kappa shape index (κ2) is 10.3. The Labute approximate surface area is 194 Å². The Bertz CT molecular complexity index is 1020. The maximum absolute atomic E-state index is 13.6. The van der Waals surface area contributed by atoms with E-state index in [0.29, 0.717) is 54.6 Å². The largest absolute Gasteiger partial charge is 0.381 e. The number of para-hydroxylation sites is 1. The zero-order valence-electron chi connectivity index (χ0n) is 18.5. The van der Waals surface area contributed by atoms with Gasteiger partial charge >= 0.3 is 0 Å². The number of anilines is 1. The third-order valence-corrected chi connectivity index (χ3v) is 6.22. The van der Waals surface area contributed by atoms with E-state index in [1.54, 1.807) is 12.1 Å². The number of benzene rings is 2. The van der Waals surface area contributed by atoms with Crippen molar-refractivity contribution in [3.63, 3.8) is 0 Å². The molecule has 0 atom stereocenters. The summed E-state index contributed by atoms with van der Waals surface area (Å²) in [6.07, 6.45) is 4.62. The predicted octanol–water partition coefficient (Wildman–Crippen LogP) is 5.08. The number of nitrogens with zero attached hydrogens (tertiary/aromatic N) is 2. The van der Waals surface area contributed by atoms with Crippen LogP contribution in [0.2, 0.25) is 5.02 Å². The first-order valence-corrected chi connectivity index (χ1v) is 11.8. The number of hydrogen-bond donors (Lipinski definition) is 0. The second-order valence-electron chi connectivity index (χ2n) is 8.20. The van der Waals surface area contributed by atoms with Crippen LogP contribution < -0.4 is 4.90 Å². The highest BCUT2D eigenvalue weighted by molar-refractivity contribution is 6.37. The number of ether oxygens (including phenoxy) is 1. The third-order valence-electron chi connectivity index (χ3n) is 5.97. The van der Waals surface area contributed by atoms with Crippen LogP contribution in [0, 0.1) is 0 Å². The molecule has 0 saturated carbocycles. The molecule has 32 heavy (non-hydrogen) atoms. The first kappa shape index (κ1) is 22.6. The number of carbonyl (C=O) groups is 2. The zero-order chi connectivity index (χ0) is 22.5. The van der Waals surface area contributed by atoms with Crippen LogP contribution in [0.3, 0.4) is 0 Å². The molecular formula is C26H29ClN2O3. The molecule has 2 aromatic rings. The van der Waals surface area contributed by atoms with Crippen LogP contribution in [0.1, 0.15) is 43.7 Å². The standard InChI is InChI=1S/C26H29ClN2O3/c1-2-3-17-32-18-7-16-29-25(30)23(20-11-13-21(27)14-12-20)24(26(29)31)28-15-6-9-19-8-4-5-10-22(19)28/h4-5,8,10-14H,2-3,6-7,9,15-18H2,1H3. The molecule has 0 unspecified atom stereocenters. The summed E-state index contributed by atoms with van der Waals surface area (Å²) < 4.78 is 5.63. The lowest BCUT2D eigenvalue weighted by molar-refractivity contribution is -0.137. The zero-order valence-corrected chi connectivity index (χ0v) is 19.2. The molecule has 0 fully saturated rings. The molecule has 2 aromatic carbocycles. The Morgan fingerprint density at radius 1 is 0.969 bits per heavy atom. The molecule has 2 heterocycles. The monoisotopic (exact) mass is 452 g/mol. The van der Waals surface area contributed by atoms with Crippen molar-refractivity contribution in [1.82, 2.24) is 4.90 Å². The first-order valence-electron chi connectivity index (χ1n) is 11.4. The number of aryl methyl sites for hydroxylation is 1. The summed E-state index contributed by atoms with van der Waals surface area (Å²) in [5.74, 6) is -0.478. The summed E-state index contributed by atoms with van der Waals surface area (Å²) in [6.45, 7) is 4.42. The van der Waals surface area contributed by atoms with E-state index in [1.807, 2.05) is 35.2 Å². The van der Waals surface area contributed by atoms with Crippen molar-refractivity contribution in [3.8, 4) is 0 Å². The van der Waals surface area contributed by atoms with Crippen LogP contribution in [0.4, 0.5) is 5.69 Å². The molecule has 0 saturated heterocycles. The van der Waals surface area contributed by atoms with Gasteiger partial charge in [-0.3, -0.25) is 14.5 Å². The quantitative estimate of drug-likeness (QED) is 0.393. The number of carbonyl (C=O) groups excluding carboxylic acids is 2. The molecule has 4 rings (SSSR count). The van der Waals surface area contributed by atoms with Crippen molar-refractivity contribution in [3.05, 3.63) is 70.4 Å². The summed E-state index contributed by atoms with van der Waals surface area (Å²) in [5.41, 5.74) is 3.84. The highest BCUT2D eigenvalue weighted by Crippen LogP contribution is 2.38. The molecule has 2 aliphatic rings. The van der Waals surface area contributed by atoms with Gasteiger partial charge in [0.1, 0.15) is 5.70 Å². The predicted molar refractivity (Wildman–Crippen MR) is 128 cm³/mol. The fourth-order valence-corrected chi connectivity index (χ4v) is 4.46. The van der Waals surface area contributed by atoms with E-state index in [9.17, 15) is 9.59 Å². The lowest BCUT2D eigenvalue weighted by atomic mass is 9.98. The normalized spacial score (nSPS) is 16.2. The molecule has 0 N–H and O–H groups in total. The van der Waals surface area contributed by atoms with E-state index in [4.69, 9.17) is 16.3 Å². The average Bonchev–Trinajstić information content (AvgIpc) is 3.06. The van der Waals surface area contributed by atoms with E-state index in [2.05, 4.69) is 13.0 Å². The SMILES string of the molecule is CCCCOCCCN1C(=O)C(c2ccc(Cl)cc2)=C(N2CCCc3ccccc32)C1=O. The number of hydrogen-bond acceptors (Lipinski definition) is 4. The number of amides is 2. The topological polar surface area (TPSA) is 49.9 Å². The maximum atomic E-state index is 13.6. The molecule has 5 nitrogen and oxygen atoms in total. The van der Waals surface area contributed by atoms with Gasteiger partial charge in [-0.05, 0) is 55.0 Å². The summed E-state index contributed by atoms with van der Waals surface area (Å²) in [5, 5.41) is 0.595. The Hall–Kier alpha value is -2.63. The average molecular weight is 453 g/mol. The number of fused-ring (bicyclic) bond motifs is 1. The Morgan fingerprint density at radius 3 is 2.50 bits per heavy atom. The van der Waals surface area contributed by atoms with Gasteiger partial charge < -0.3 is 9.64 Å². The van der Waals surface area contributed by atoms with Gasteiger partial charge in [-0.25, -0.2) is 0 Å². The maximum Gasteiger partial charge on any atom is 0.278 e. The molecule has 0 aliphatic carbocycles. The number of imide groups is 1. The molecule has 2 amide bonds. The number of halogens is 1. The van der Waals surface area contributed by atoms with Crippen molar-refractivity contribution >= 4 is 34.7 Å². The lowest BCUT2D eigenvalue weighted by Gasteiger charge is -2.32. The summed E-state index contributed by atoms with van der Waals surface area (Å²) in [7, 11) is 0. The molecule has 2 aliphatic heterocycles. The van der Waals surface area contributed by atoms with Gasteiger partial charge in [0.2, 0.25) is 0 Å². The highest BCUT2D eigenvalue weighted by atomic mass is 35.5. The molecule has 0 spiro atoms. The van der Waals surface area contributed by atoms with Crippen molar-refractivity contribution in [2.45, 2.75) is 39.0 Å². The third kappa shape index (κ3) is 4.59.